The SMILES string of the molecule is O=C(NNC(=O)C1CCCCC1)c1cccc(S(=O)(=O)N2CCCC2)c1. The fourth-order valence-corrected chi connectivity index (χ4v) is 5.10. The molecule has 0 spiro atoms. The van der Waals surface area contributed by atoms with Crippen LogP contribution in [0.5, 0.6) is 0 Å². The van der Waals surface area contributed by atoms with Gasteiger partial charge < -0.3 is 0 Å². The Labute approximate surface area is 154 Å². The first kappa shape index (κ1) is 18.8. The summed E-state index contributed by atoms with van der Waals surface area (Å²) in [6, 6.07) is 5.92. The number of hydrogen-bond acceptors (Lipinski definition) is 4. The fraction of sp³-hybridized carbons (Fsp3) is 0.556. The Balaban J connectivity index is 1.63. The van der Waals surface area contributed by atoms with Crippen molar-refractivity contribution < 1.29 is 18.0 Å². The summed E-state index contributed by atoms with van der Waals surface area (Å²) in [5.41, 5.74) is 5.07. The molecule has 0 atom stereocenters. The highest BCUT2D eigenvalue weighted by Crippen LogP contribution is 2.23. The zero-order valence-corrected chi connectivity index (χ0v) is 15.6. The minimum atomic E-state index is -3.58. The minimum Gasteiger partial charge on any atom is -0.273 e. The summed E-state index contributed by atoms with van der Waals surface area (Å²) in [5, 5.41) is 0. The van der Waals surface area contributed by atoms with Gasteiger partial charge in [0, 0.05) is 24.6 Å². The highest BCUT2D eigenvalue weighted by Gasteiger charge is 2.28. The Morgan fingerprint density at radius 3 is 2.35 bits per heavy atom. The molecule has 2 aliphatic rings. The van der Waals surface area contributed by atoms with Crippen LogP contribution in [0, 0.1) is 5.92 Å². The smallest absolute Gasteiger partial charge is 0.269 e. The van der Waals surface area contributed by atoms with Gasteiger partial charge in [-0.2, -0.15) is 4.31 Å². The molecular formula is C18H25N3O4S. The standard InChI is InChI=1S/C18H25N3O4S/c22-17(14-7-2-1-3-8-14)19-20-18(23)15-9-6-10-16(13-15)26(24,25)21-11-4-5-12-21/h6,9-10,13-14H,1-5,7-8,11-12H2,(H,19,22)(H,20,23). The van der Waals surface area contributed by atoms with Crippen LogP contribution in [-0.4, -0.2) is 37.6 Å². The first-order valence-corrected chi connectivity index (χ1v) is 10.6. The first-order chi connectivity index (χ1) is 12.5. The topological polar surface area (TPSA) is 95.6 Å². The zero-order valence-electron chi connectivity index (χ0n) is 14.7. The first-order valence-electron chi connectivity index (χ1n) is 9.19. The highest BCUT2D eigenvalue weighted by atomic mass is 32.2. The van der Waals surface area contributed by atoms with Crippen LogP contribution in [0.15, 0.2) is 29.2 Å². The lowest BCUT2D eigenvalue weighted by molar-refractivity contribution is -0.126. The van der Waals surface area contributed by atoms with Gasteiger partial charge in [-0.1, -0.05) is 25.3 Å². The largest absolute Gasteiger partial charge is 0.273 e. The molecule has 1 heterocycles. The van der Waals surface area contributed by atoms with Crippen LogP contribution in [0.3, 0.4) is 0 Å². The lowest BCUT2D eigenvalue weighted by Crippen LogP contribution is -2.45. The van der Waals surface area contributed by atoms with E-state index < -0.39 is 15.9 Å². The molecule has 7 nitrogen and oxygen atoms in total. The zero-order chi connectivity index (χ0) is 18.6. The number of benzene rings is 1. The van der Waals surface area contributed by atoms with E-state index in [1.165, 1.54) is 22.5 Å². The van der Waals surface area contributed by atoms with Crippen LogP contribution in [0.4, 0.5) is 0 Å². The van der Waals surface area contributed by atoms with Crippen molar-refractivity contribution in [3.05, 3.63) is 29.8 Å². The molecule has 1 saturated carbocycles. The third-order valence-electron chi connectivity index (χ3n) is 5.07. The van der Waals surface area contributed by atoms with E-state index in [1.54, 1.807) is 6.07 Å². The third kappa shape index (κ3) is 4.24. The van der Waals surface area contributed by atoms with E-state index in [-0.39, 0.29) is 22.3 Å². The number of rotatable bonds is 4. The van der Waals surface area contributed by atoms with E-state index in [9.17, 15) is 18.0 Å². The van der Waals surface area contributed by atoms with Crippen molar-refractivity contribution in [2.75, 3.05) is 13.1 Å². The van der Waals surface area contributed by atoms with E-state index in [4.69, 9.17) is 0 Å². The van der Waals surface area contributed by atoms with E-state index in [0.29, 0.717) is 13.1 Å². The van der Waals surface area contributed by atoms with Gasteiger partial charge in [0.05, 0.1) is 4.90 Å². The summed E-state index contributed by atoms with van der Waals surface area (Å²) < 4.78 is 26.7. The second kappa shape index (κ2) is 8.18. The molecule has 26 heavy (non-hydrogen) atoms. The molecule has 0 radical (unpaired) electrons. The van der Waals surface area contributed by atoms with Gasteiger partial charge in [0.15, 0.2) is 0 Å². The monoisotopic (exact) mass is 379 g/mol. The number of nitrogens with zero attached hydrogens (tertiary/aromatic N) is 1. The van der Waals surface area contributed by atoms with Gasteiger partial charge in [-0.05, 0) is 43.9 Å². The molecule has 8 heteroatoms. The second-order valence-electron chi connectivity index (χ2n) is 6.92. The maximum atomic E-state index is 12.6. The maximum absolute atomic E-state index is 12.6. The molecule has 0 bridgehead atoms. The van der Waals surface area contributed by atoms with Gasteiger partial charge in [-0.3, -0.25) is 20.4 Å². The normalized spacial score (nSPS) is 19.2. The number of carbonyl (C=O) groups excluding carboxylic acids is 2. The van der Waals surface area contributed by atoms with Gasteiger partial charge in [-0.15, -0.1) is 0 Å². The Bertz CT molecular complexity index is 766. The maximum Gasteiger partial charge on any atom is 0.269 e. The van der Waals surface area contributed by atoms with Crippen molar-refractivity contribution >= 4 is 21.8 Å². The Hall–Kier alpha value is -1.93. The molecule has 3 rings (SSSR count). The van der Waals surface area contributed by atoms with E-state index >= 15 is 0 Å². The lowest BCUT2D eigenvalue weighted by Gasteiger charge is -2.20. The summed E-state index contributed by atoms with van der Waals surface area (Å²) in [6.07, 6.45) is 6.59. The number of hydrogen-bond donors (Lipinski definition) is 2. The van der Waals surface area contributed by atoms with Crippen LogP contribution < -0.4 is 10.9 Å². The van der Waals surface area contributed by atoms with Crippen LogP contribution in [0.2, 0.25) is 0 Å². The van der Waals surface area contributed by atoms with Gasteiger partial charge in [0.25, 0.3) is 5.91 Å². The number of hydrazine groups is 1. The van der Waals surface area contributed by atoms with Crippen LogP contribution >= 0.6 is 0 Å². The van der Waals surface area contributed by atoms with Gasteiger partial charge in [0.1, 0.15) is 0 Å². The molecule has 1 aromatic carbocycles. The number of nitrogens with one attached hydrogen (secondary N) is 2. The summed E-state index contributed by atoms with van der Waals surface area (Å²) in [5.74, 6) is -0.766. The minimum absolute atomic E-state index is 0.0640. The van der Waals surface area contributed by atoms with Crippen molar-refractivity contribution in [1.82, 2.24) is 15.2 Å². The summed E-state index contributed by atoms with van der Waals surface area (Å²) in [4.78, 5) is 24.5. The molecule has 1 aliphatic carbocycles. The molecule has 1 aliphatic heterocycles. The van der Waals surface area contributed by atoms with Crippen molar-refractivity contribution in [3.8, 4) is 0 Å². The fourth-order valence-electron chi connectivity index (χ4n) is 3.53. The predicted octanol–water partition coefficient (Wildman–Crippen LogP) is 1.81. The number of amides is 2. The molecule has 142 valence electrons. The van der Waals surface area contributed by atoms with Gasteiger partial charge in [-0.25, -0.2) is 8.42 Å². The summed E-state index contributed by atoms with van der Waals surface area (Å²) in [6.45, 7) is 1.02. The molecule has 2 amide bonds. The van der Waals surface area contributed by atoms with Gasteiger partial charge >= 0.3 is 0 Å². The summed E-state index contributed by atoms with van der Waals surface area (Å²) >= 11 is 0. The molecule has 2 N–H and O–H groups in total. The van der Waals surface area contributed by atoms with Crippen molar-refractivity contribution in [3.63, 3.8) is 0 Å². The number of sulfonamides is 1. The molecule has 0 aromatic heterocycles. The quantitative estimate of drug-likeness (QED) is 0.780. The average molecular weight is 379 g/mol. The second-order valence-corrected chi connectivity index (χ2v) is 8.86. The third-order valence-corrected chi connectivity index (χ3v) is 6.97. The molecule has 1 saturated heterocycles. The van der Waals surface area contributed by atoms with E-state index in [2.05, 4.69) is 10.9 Å². The highest BCUT2D eigenvalue weighted by molar-refractivity contribution is 7.89. The molecule has 0 unspecified atom stereocenters. The van der Waals surface area contributed by atoms with Crippen molar-refractivity contribution in [1.29, 1.82) is 0 Å². The van der Waals surface area contributed by atoms with Crippen molar-refractivity contribution in [2.24, 2.45) is 5.92 Å². The molecule has 2 fully saturated rings. The molecular weight excluding hydrogens is 354 g/mol. The Morgan fingerprint density at radius 1 is 0.962 bits per heavy atom. The van der Waals surface area contributed by atoms with Crippen LogP contribution in [-0.2, 0) is 14.8 Å². The Kier molecular flexibility index (Phi) is 5.93. The van der Waals surface area contributed by atoms with Crippen molar-refractivity contribution in [2.45, 2.75) is 49.8 Å². The predicted molar refractivity (Wildman–Crippen MR) is 96.6 cm³/mol. The van der Waals surface area contributed by atoms with Crippen LogP contribution in [0.1, 0.15) is 55.3 Å². The average Bonchev–Trinajstić information content (AvgIpc) is 3.22. The van der Waals surface area contributed by atoms with E-state index in [0.717, 1.165) is 44.9 Å². The number of carbonyl (C=O) groups is 2. The Morgan fingerprint density at radius 2 is 1.65 bits per heavy atom. The lowest BCUT2D eigenvalue weighted by atomic mass is 9.89. The van der Waals surface area contributed by atoms with Gasteiger partial charge in [0.2, 0.25) is 15.9 Å². The van der Waals surface area contributed by atoms with Crippen LogP contribution in [0.25, 0.3) is 0 Å². The molecule has 1 aromatic rings. The van der Waals surface area contributed by atoms with E-state index in [1.807, 2.05) is 0 Å². The summed E-state index contributed by atoms with van der Waals surface area (Å²) in [7, 11) is -3.58.